The zero-order valence-corrected chi connectivity index (χ0v) is 17.7. The van der Waals surface area contributed by atoms with Crippen molar-refractivity contribution in [3.63, 3.8) is 0 Å². The van der Waals surface area contributed by atoms with Gasteiger partial charge in [-0.1, -0.05) is 30.3 Å². The molecule has 3 aromatic rings. The van der Waals surface area contributed by atoms with Crippen LogP contribution in [-0.2, 0) is 14.8 Å². The van der Waals surface area contributed by atoms with Crippen LogP contribution in [0.1, 0.15) is 0 Å². The molecule has 0 radical (unpaired) electrons. The maximum Gasteiger partial charge on any atom is 0.267 e. The third-order valence-electron chi connectivity index (χ3n) is 5.17. The second kappa shape index (κ2) is 8.08. The van der Waals surface area contributed by atoms with E-state index in [9.17, 15) is 13.2 Å². The summed E-state index contributed by atoms with van der Waals surface area (Å²) < 4.78 is 44.8. The lowest BCUT2D eigenvalue weighted by Crippen LogP contribution is -2.48. The molecule has 5 rings (SSSR count). The fourth-order valence-corrected chi connectivity index (χ4v) is 5.13. The molecule has 2 aliphatic heterocycles. The average molecular weight is 452 g/mol. The Balaban J connectivity index is 1.43. The first-order chi connectivity index (χ1) is 15.5. The summed E-state index contributed by atoms with van der Waals surface area (Å²) in [5, 5.41) is 2.78. The summed E-state index contributed by atoms with van der Waals surface area (Å²) in [7, 11) is -3.89. The Bertz CT molecular complexity index is 1260. The number of sulfonamides is 1. The number of carbonyl (C=O) groups excluding carboxylic acids is 1. The highest BCUT2D eigenvalue weighted by Gasteiger charge is 2.37. The predicted octanol–water partition coefficient (Wildman–Crippen LogP) is 3.05. The third kappa shape index (κ3) is 3.71. The molecule has 1 amide bonds. The maximum absolute atomic E-state index is 13.3. The molecule has 9 heteroatoms. The summed E-state index contributed by atoms with van der Waals surface area (Å²) >= 11 is 0. The minimum absolute atomic E-state index is 0.141. The van der Waals surface area contributed by atoms with E-state index in [-0.39, 0.29) is 11.4 Å². The lowest BCUT2D eigenvalue weighted by molar-refractivity contribution is -0.122. The molecule has 0 fully saturated rings. The SMILES string of the molecule is O=C(Nc1ccc2c(c1)OCCO2)[C@H]1CN(S(=O)(=O)c2ccccc2)c2ccccc2O1. The van der Waals surface area contributed by atoms with Gasteiger partial charge in [0.25, 0.3) is 15.9 Å². The van der Waals surface area contributed by atoms with E-state index in [2.05, 4.69) is 5.32 Å². The Kier molecular flexibility index (Phi) is 5.10. The van der Waals surface area contributed by atoms with Crippen molar-refractivity contribution in [3.05, 3.63) is 72.8 Å². The Morgan fingerprint density at radius 3 is 2.41 bits per heavy atom. The van der Waals surface area contributed by atoms with Crippen LogP contribution in [0.3, 0.4) is 0 Å². The molecule has 2 heterocycles. The smallest absolute Gasteiger partial charge is 0.267 e. The summed E-state index contributed by atoms with van der Waals surface area (Å²) in [6.45, 7) is 0.740. The molecule has 3 aromatic carbocycles. The second-order valence-corrected chi connectivity index (χ2v) is 9.13. The van der Waals surface area contributed by atoms with Crippen LogP contribution in [0.15, 0.2) is 77.7 Å². The monoisotopic (exact) mass is 452 g/mol. The highest BCUT2D eigenvalue weighted by molar-refractivity contribution is 7.92. The topological polar surface area (TPSA) is 94.2 Å². The molecule has 0 aliphatic carbocycles. The van der Waals surface area contributed by atoms with Gasteiger partial charge in [-0.05, 0) is 36.4 Å². The zero-order valence-electron chi connectivity index (χ0n) is 16.9. The number of benzene rings is 3. The summed E-state index contributed by atoms with van der Waals surface area (Å²) in [4.78, 5) is 13.2. The van der Waals surface area contributed by atoms with Crippen molar-refractivity contribution in [1.29, 1.82) is 0 Å². The summed E-state index contributed by atoms with van der Waals surface area (Å²) in [5.41, 5.74) is 0.888. The van der Waals surface area contributed by atoms with Crippen molar-refractivity contribution >= 4 is 27.3 Å². The van der Waals surface area contributed by atoms with Crippen molar-refractivity contribution in [3.8, 4) is 17.2 Å². The molecule has 0 bridgehead atoms. The molecule has 0 aromatic heterocycles. The van der Waals surface area contributed by atoms with Gasteiger partial charge in [-0.2, -0.15) is 0 Å². The molecule has 164 valence electrons. The van der Waals surface area contributed by atoms with E-state index in [1.54, 1.807) is 60.7 Å². The maximum atomic E-state index is 13.3. The van der Waals surface area contributed by atoms with Crippen molar-refractivity contribution in [2.45, 2.75) is 11.0 Å². The number of anilines is 2. The number of ether oxygens (including phenoxy) is 3. The number of para-hydroxylation sites is 2. The number of carbonyl (C=O) groups is 1. The molecule has 32 heavy (non-hydrogen) atoms. The number of nitrogens with zero attached hydrogens (tertiary/aromatic N) is 1. The Hall–Kier alpha value is -3.72. The second-order valence-electron chi connectivity index (χ2n) is 7.27. The standard InChI is InChI=1S/C23H20N2O6S/c26-23(24-16-10-11-20-21(14-16)30-13-12-29-20)22-15-25(18-8-4-5-9-19(18)31-22)32(27,28)17-6-2-1-3-7-17/h1-11,14,22H,12-13,15H2,(H,24,26)/t22-/m1/s1. The summed E-state index contributed by atoms with van der Waals surface area (Å²) in [5.74, 6) is 1.000. The Morgan fingerprint density at radius 2 is 1.59 bits per heavy atom. The van der Waals surface area contributed by atoms with E-state index < -0.39 is 22.0 Å². The van der Waals surface area contributed by atoms with Crippen molar-refractivity contribution in [1.82, 2.24) is 0 Å². The van der Waals surface area contributed by atoms with Gasteiger partial charge in [-0.25, -0.2) is 8.42 Å². The quantitative estimate of drug-likeness (QED) is 0.654. The Morgan fingerprint density at radius 1 is 0.875 bits per heavy atom. The van der Waals surface area contributed by atoms with E-state index in [4.69, 9.17) is 14.2 Å². The Labute approximate surface area is 185 Å². The van der Waals surface area contributed by atoms with Crippen LogP contribution in [0, 0.1) is 0 Å². The molecule has 1 N–H and O–H groups in total. The number of amides is 1. The largest absolute Gasteiger partial charge is 0.486 e. The number of hydrogen-bond donors (Lipinski definition) is 1. The van der Waals surface area contributed by atoms with Crippen LogP contribution in [-0.4, -0.2) is 40.2 Å². The molecule has 2 aliphatic rings. The van der Waals surface area contributed by atoms with Crippen LogP contribution < -0.4 is 23.8 Å². The minimum Gasteiger partial charge on any atom is -0.486 e. The first kappa shape index (κ1) is 20.2. The number of fused-ring (bicyclic) bond motifs is 2. The van der Waals surface area contributed by atoms with E-state index in [0.29, 0.717) is 41.8 Å². The molecule has 0 unspecified atom stereocenters. The highest BCUT2D eigenvalue weighted by atomic mass is 32.2. The third-order valence-corrected chi connectivity index (χ3v) is 6.96. The van der Waals surface area contributed by atoms with Gasteiger partial charge in [-0.3, -0.25) is 9.10 Å². The van der Waals surface area contributed by atoms with Gasteiger partial charge in [0, 0.05) is 11.8 Å². The fraction of sp³-hybridized carbons (Fsp3) is 0.174. The number of nitrogens with one attached hydrogen (secondary N) is 1. The van der Waals surface area contributed by atoms with E-state index in [0.717, 1.165) is 0 Å². The predicted molar refractivity (Wildman–Crippen MR) is 118 cm³/mol. The van der Waals surface area contributed by atoms with Gasteiger partial charge >= 0.3 is 0 Å². The molecule has 1 atom stereocenters. The van der Waals surface area contributed by atoms with Crippen molar-refractivity contribution in [2.75, 3.05) is 29.4 Å². The lowest BCUT2D eigenvalue weighted by atomic mass is 10.2. The number of rotatable bonds is 4. The minimum atomic E-state index is -3.89. The van der Waals surface area contributed by atoms with Gasteiger partial charge in [0.2, 0.25) is 0 Å². The van der Waals surface area contributed by atoms with Gasteiger partial charge in [-0.15, -0.1) is 0 Å². The summed E-state index contributed by atoms with van der Waals surface area (Å²) in [6.07, 6.45) is -1.04. The van der Waals surface area contributed by atoms with Crippen molar-refractivity contribution in [2.24, 2.45) is 0 Å². The van der Waals surface area contributed by atoms with Crippen LogP contribution in [0.25, 0.3) is 0 Å². The van der Waals surface area contributed by atoms with Gasteiger partial charge < -0.3 is 19.5 Å². The van der Waals surface area contributed by atoms with E-state index >= 15 is 0 Å². The van der Waals surface area contributed by atoms with Crippen LogP contribution in [0.2, 0.25) is 0 Å². The first-order valence-corrected chi connectivity index (χ1v) is 11.5. The molecule has 0 saturated carbocycles. The molecule has 8 nitrogen and oxygen atoms in total. The normalized spacial score (nSPS) is 17.1. The molecular weight excluding hydrogens is 432 g/mol. The summed E-state index contributed by atoms with van der Waals surface area (Å²) in [6, 6.07) is 20.0. The molecule has 0 saturated heterocycles. The van der Waals surface area contributed by atoms with Crippen molar-refractivity contribution < 1.29 is 27.4 Å². The van der Waals surface area contributed by atoms with E-state index in [1.165, 1.54) is 16.4 Å². The van der Waals surface area contributed by atoms with E-state index in [1.807, 2.05) is 0 Å². The van der Waals surface area contributed by atoms with Gasteiger partial charge in [0.15, 0.2) is 17.6 Å². The fourth-order valence-electron chi connectivity index (χ4n) is 3.63. The molecular formula is C23H20N2O6S. The lowest BCUT2D eigenvalue weighted by Gasteiger charge is -2.34. The van der Waals surface area contributed by atoms with Crippen LogP contribution in [0.4, 0.5) is 11.4 Å². The average Bonchev–Trinajstić information content (AvgIpc) is 2.83. The number of hydrogen-bond acceptors (Lipinski definition) is 6. The highest BCUT2D eigenvalue weighted by Crippen LogP contribution is 2.37. The van der Waals surface area contributed by atoms with Gasteiger partial charge in [0.1, 0.15) is 19.0 Å². The zero-order chi connectivity index (χ0) is 22.1. The van der Waals surface area contributed by atoms with Gasteiger partial charge in [0.05, 0.1) is 17.1 Å². The van der Waals surface area contributed by atoms with Crippen LogP contribution >= 0.6 is 0 Å². The first-order valence-electron chi connectivity index (χ1n) is 10.1. The molecule has 0 spiro atoms. The van der Waals surface area contributed by atoms with Crippen LogP contribution in [0.5, 0.6) is 17.2 Å².